The third-order valence-corrected chi connectivity index (χ3v) is 11.1. The molecular weight excluding hydrogens is 512 g/mol. The Morgan fingerprint density at radius 2 is 1.63 bits per heavy atom. The van der Waals surface area contributed by atoms with Crippen molar-refractivity contribution in [2.45, 2.75) is 35.5 Å². The molecule has 0 spiro atoms. The molecule has 0 fully saturated rings. The fraction of sp³-hybridized carbons (Fsp3) is 0.133. The summed E-state index contributed by atoms with van der Waals surface area (Å²) in [7, 11) is 0. The molecule has 4 aliphatic rings. The van der Waals surface area contributed by atoms with Crippen molar-refractivity contribution < 1.29 is 4.74 Å². The van der Waals surface area contributed by atoms with E-state index in [1.165, 1.54) is 49.4 Å². The van der Waals surface area contributed by atoms with E-state index in [-0.39, 0.29) is 0 Å². The summed E-state index contributed by atoms with van der Waals surface area (Å²) in [6.07, 6.45) is 4.52. The van der Waals surface area contributed by atoms with E-state index < -0.39 is 0 Å². The van der Waals surface area contributed by atoms with Gasteiger partial charge in [0, 0.05) is 0 Å². The molecule has 0 amide bonds. The molecule has 0 bridgehead atoms. The zero-order chi connectivity index (χ0) is 22.9. The van der Waals surface area contributed by atoms with Gasteiger partial charge in [-0.1, -0.05) is 0 Å². The van der Waals surface area contributed by atoms with Crippen LogP contribution in [0.5, 0.6) is 5.75 Å². The molecule has 3 aliphatic heterocycles. The van der Waals surface area contributed by atoms with E-state index in [9.17, 15) is 0 Å². The predicted octanol–water partition coefficient (Wildman–Crippen LogP) is 3.95. The number of hydrogen-bond donors (Lipinski definition) is 0. The molecule has 0 unspecified atom stereocenters. The molecule has 4 aromatic carbocycles. The molecule has 5 heteroatoms. The molecule has 168 valence electrons. The molecule has 2 nitrogen and oxygen atoms in total. The zero-order valence-electron chi connectivity index (χ0n) is 19.2. The maximum atomic E-state index is 6.38. The van der Waals surface area contributed by atoms with Gasteiger partial charge in [0.15, 0.2) is 0 Å². The molecule has 0 aromatic heterocycles. The summed E-state index contributed by atoms with van der Waals surface area (Å²) in [5.74, 6) is 2.12. The van der Waals surface area contributed by atoms with Gasteiger partial charge in [0.2, 0.25) is 0 Å². The fourth-order valence-electron chi connectivity index (χ4n) is 6.01. The van der Waals surface area contributed by atoms with Gasteiger partial charge in [0.25, 0.3) is 0 Å². The Bertz CT molecular complexity index is 1560. The van der Waals surface area contributed by atoms with Crippen LogP contribution in [0.2, 0.25) is 0 Å². The molecule has 3 heterocycles. The van der Waals surface area contributed by atoms with Crippen LogP contribution in [0.1, 0.15) is 25.7 Å². The Kier molecular flexibility index (Phi) is 4.55. The van der Waals surface area contributed by atoms with Crippen molar-refractivity contribution in [1.29, 1.82) is 0 Å². The SMILES string of the molecule is c1ccc2c(c1)OC1=C(CCCC1)N2c1ccc2c(c1)Sc1cccc3c1B2c1ccccc1[Se]3. The predicted molar refractivity (Wildman–Crippen MR) is 148 cm³/mol. The van der Waals surface area contributed by atoms with Crippen LogP contribution in [0.15, 0.2) is 106 Å². The zero-order valence-corrected chi connectivity index (χ0v) is 21.7. The second-order valence-electron chi connectivity index (χ2n) is 9.55. The molecule has 0 saturated heterocycles. The van der Waals surface area contributed by atoms with E-state index in [2.05, 4.69) is 89.8 Å². The number of fused-ring (bicyclic) bond motifs is 5. The van der Waals surface area contributed by atoms with Crippen molar-refractivity contribution in [1.82, 2.24) is 0 Å². The summed E-state index contributed by atoms with van der Waals surface area (Å²) >= 11 is 2.32. The van der Waals surface area contributed by atoms with E-state index in [1.807, 2.05) is 11.8 Å². The van der Waals surface area contributed by atoms with E-state index in [4.69, 9.17) is 4.74 Å². The van der Waals surface area contributed by atoms with Crippen LogP contribution in [-0.2, 0) is 0 Å². The number of nitrogens with zero attached hydrogens (tertiary/aromatic N) is 1. The van der Waals surface area contributed by atoms with Crippen molar-refractivity contribution >= 4 is 70.1 Å². The third kappa shape index (κ3) is 3.05. The fourth-order valence-corrected chi connectivity index (χ4v) is 9.82. The summed E-state index contributed by atoms with van der Waals surface area (Å²) in [6.45, 7) is 0.333. The van der Waals surface area contributed by atoms with Crippen LogP contribution < -0.4 is 34.9 Å². The molecule has 1 aliphatic carbocycles. The number of rotatable bonds is 1. The molecule has 0 atom stereocenters. The maximum absolute atomic E-state index is 6.38. The quantitative estimate of drug-likeness (QED) is 0.297. The Balaban J connectivity index is 1.31. The molecule has 4 aromatic rings. The second kappa shape index (κ2) is 7.83. The van der Waals surface area contributed by atoms with E-state index in [1.54, 1.807) is 9.92 Å². The first kappa shape index (κ1) is 20.4. The van der Waals surface area contributed by atoms with Crippen LogP contribution in [0.3, 0.4) is 0 Å². The number of ether oxygens (including phenoxy) is 1. The summed E-state index contributed by atoms with van der Waals surface area (Å²) in [5, 5.41) is 0. The monoisotopic (exact) mass is 535 g/mol. The Labute approximate surface area is 216 Å². The van der Waals surface area contributed by atoms with Gasteiger partial charge in [0.1, 0.15) is 0 Å². The topological polar surface area (TPSA) is 12.5 Å². The van der Waals surface area contributed by atoms with Gasteiger partial charge in [0.05, 0.1) is 0 Å². The second-order valence-corrected chi connectivity index (χ2v) is 12.9. The van der Waals surface area contributed by atoms with Gasteiger partial charge in [-0.3, -0.25) is 0 Å². The van der Waals surface area contributed by atoms with Gasteiger partial charge in [-0.15, -0.1) is 0 Å². The first-order chi connectivity index (χ1) is 17.3. The average Bonchev–Trinajstić information content (AvgIpc) is 2.91. The summed E-state index contributed by atoms with van der Waals surface area (Å²) in [4.78, 5) is 5.27. The van der Waals surface area contributed by atoms with Crippen molar-refractivity contribution in [2.24, 2.45) is 0 Å². The minimum atomic E-state index is 0.333. The van der Waals surface area contributed by atoms with Crippen molar-refractivity contribution in [3.8, 4) is 5.75 Å². The number of hydrogen-bond acceptors (Lipinski definition) is 3. The van der Waals surface area contributed by atoms with Crippen LogP contribution in [-0.4, -0.2) is 21.7 Å². The summed E-state index contributed by atoms with van der Waals surface area (Å²) in [5.41, 5.74) is 8.22. The summed E-state index contributed by atoms with van der Waals surface area (Å²) < 4.78 is 9.44. The van der Waals surface area contributed by atoms with E-state index in [0.29, 0.717) is 21.7 Å². The molecule has 0 radical (unpaired) electrons. The Hall–Kier alpha value is -2.85. The van der Waals surface area contributed by atoms with Crippen LogP contribution in [0.4, 0.5) is 11.4 Å². The van der Waals surface area contributed by atoms with Crippen LogP contribution >= 0.6 is 11.8 Å². The minimum absolute atomic E-state index is 0.333. The van der Waals surface area contributed by atoms with Crippen molar-refractivity contribution in [3.05, 3.63) is 96.4 Å². The van der Waals surface area contributed by atoms with Gasteiger partial charge in [-0.25, -0.2) is 0 Å². The molecule has 35 heavy (non-hydrogen) atoms. The molecule has 0 N–H and O–H groups in total. The average molecular weight is 534 g/mol. The normalized spacial score (nSPS) is 17.0. The molecule has 8 rings (SSSR count). The number of anilines is 2. The van der Waals surface area contributed by atoms with Gasteiger partial charge in [-0.2, -0.15) is 0 Å². The third-order valence-electron chi connectivity index (χ3n) is 7.55. The van der Waals surface area contributed by atoms with Gasteiger partial charge >= 0.3 is 217 Å². The van der Waals surface area contributed by atoms with Crippen molar-refractivity contribution in [3.63, 3.8) is 0 Å². The summed E-state index contributed by atoms with van der Waals surface area (Å²) in [6, 6.07) is 31.7. The first-order valence-electron chi connectivity index (χ1n) is 12.4. The first-order valence-corrected chi connectivity index (χ1v) is 14.9. The Morgan fingerprint density at radius 1 is 0.771 bits per heavy atom. The number of benzene rings is 4. The number of allylic oxidation sites excluding steroid dienone is 2. The van der Waals surface area contributed by atoms with Crippen LogP contribution in [0, 0.1) is 0 Å². The Morgan fingerprint density at radius 3 is 2.63 bits per heavy atom. The van der Waals surface area contributed by atoms with Crippen LogP contribution in [0.25, 0.3) is 0 Å². The van der Waals surface area contributed by atoms with E-state index in [0.717, 1.165) is 30.0 Å². The van der Waals surface area contributed by atoms with E-state index >= 15 is 0 Å². The molecular formula is C30H22BNOSSe. The number of para-hydroxylation sites is 2. The van der Waals surface area contributed by atoms with Crippen molar-refractivity contribution in [2.75, 3.05) is 4.90 Å². The van der Waals surface area contributed by atoms with Gasteiger partial charge in [-0.05, 0) is 0 Å². The standard InChI is InChI=1S/C30H22BNOSSe/c1-6-14-28-21(8-1)31-20-17-16-19(18-27(20)34-26-13-7-15-29(35-28)30(26)31)32-22-9-2-4-11-24(22)33-25-12-5-3-10-23(25)32/h1-2,4,6-9,11,13-18H,3,5,10,12H2. The molecule has 0 saturated carbocycles. The van der Waals surface area contributed by atoms with Gasteiger partial charge < -0.3 is 0 Å².